The molecular weight excluding hydrogens is 284 g/mol. The first kappa shape index (κ1) is 15.0. The number of hydrogen-bond donors (Lipinski definition) is 2. The summed E-state index contributed by atoms with van der Waals surface area (Å²) in [6.45, 7) is 4.72. The molecule has 22 heavy (non-hydrogen) atoms. The molecule has 2 aliphatic heterocycles. The zero-order valence-corrected chi connectivity index (χ0v) is 12.7. The molecule has 2 N–H and O–H groups in total. The van der Waals surface area contributed by atoms with Crippen LogP contribution in [0.1, 0.15) is 19.8 Å². The van der Waals surface area contributed by atoms with Crippen molar-refractivity contribution in [1.82, 2.24) is 5.32 Å². The second-order valence-corrected chi connectivity index (χ2v) is 5.82. The second-order valence-electron chi connectivity index (χ2n) is 5.82. The maximum absolute atomic E-state index is 11.3. The number of ether oxygens (including phenoxy) is 2. The van der Waals surface area contributed by atoms with Crippen LogP contribution >= 0.6 is 0 Å². The van der Waals surface area contributed by atoms with Crippen LogP contribution in [0, 0.1) is 5.92 Å². The highest BCUT2D eigenvalue weighted by atomic mass is 16.7. The molecule has 0 aromatic heterocycles. The van der Waals surface area contributed by atoms with E-state index in [1.54, 1.807) is 0 Å². The normalized spacial score (nSPS) is 21.1. The fraction of sp³-hybridized carbons (Fsp3) is 0.562. The minimum Gasteiger partial charge on any atom is -0.480 e. The van der Waals surface area contributed by atoms with Gasteiger partial charge in [0.25, 0.3) is 0 Å². The minimum absolute atomic E-state index is 0.282. The average Bonchev–Trinajstić information content (AvgIpc) is 3.14. The molecule has 1 saturated heterocycles. The molecule has 0 amide bonds. The SMILES string of the molecule is CCNC(CC1CCN(c2ccc3c(c2)OCO3)C1)C(=O)O. The lowest BCUT2D eigenvalue weighted by molar-refractivity contribution is -0.139. The molecular formula is C16H22N2O4. The molecule has 0 spiro atoms. The van der Waals surface area contributed by atoms with Crippen LogP contribution in [0.5, 0.6) is 11.5 Å². The molecule has 0 aliphatic carbocycles. The predicted molar refractivity (Wildman–Crippen MR) is 82.6 cm³/mol. The van der Waals surface area contributed by atoms with Crippen LogP contribution in [-0.2, 0) is 4.79 Å². The molecule has 6 heteroatoms. The van der Waals surface area contributed by atoms with E-state index in [-0.39, 0.29) is 6.79 Å². The molecule has 1 fully saturated rings. The summed E-state index contributed by atoms with van der Waals surface area (Å²) in [5, 5.41) is 12.3. The van der Waals surface area contributed by atoms with E-state index >= 15 is 0 Å². The maximum Gasteiger partial charge on any atom is 0.320 e. The molecule has 6 nitrogen and oxygen atoms in total. The summed E-state index contributed by atoms with van der Waals surface area (Å²) in [5.74, 6) is 1.21. The molecule has 2 aliphatic rings. The van der Waals surface area contributed by atoms with Crippen LogP contribution in [0.25, 0.3) is 0 Å². The highest BCUT2D eigenvalue weighted by Gasteiger charge is 2.28. The van der Waals surface area contributed by atoms with Gasteiger partial charge in [0.2, 0.25) is 6.79 Å². The Morgan fingerprint density at radius 3 is 3.05 bits per heavy atom. The van der Waals surface area contributed by atoms with Gasteiger partial charge in [-0.3, -0.25) is 4.79 Å². The summed E-state index contributed by atoms with van der Waals surface area (Å²) in [5.41, 5.74) is 1.11. The number of hydrogen-bond acceptors (Lipinski definition) is 5. The van der Waals surface area contributed by atoms with Crippen LogP contribution < -0.4 is 19.7 Å². The summed E-state index contributed by atoms with van der Waals surface area (Å²) in [6.07, 6.45) is 1.69. The van der Waals surface area contributed by atoms with Crippen LogP contribution in [-0.4, -0.2) is 43.5 Å². The summed E-state index contributed by atoms with van der Waals surface area (Å²) in [7, 11) is 0. The fourth-order valence-electron chi connectivity index (χ4n) is 3.19. The molecule has 0 bridgehead atoms. The summed E-state index contributed by atoms with van der Waals surface area (Å²) < 4.78 is 10.7. The van der Waals surface area contributed by atoms with Gasteiger partial charge in [0, 0.05) is 24.8 Å². The molecule has 1 aromatic rings. The number of benzene rings is 1. The first-order chi connectivity index (χ1) is 10.7. The Labute approximate surface area is 130 Å². The largest absolute Gasteiger partial charge is 0.480 e. The van der Waals surface area contributed by atoms with E-state index in [1.165, 1.54) is 0 Å². The van der Waals surface area contributed by atoms with Crippen LogP contribution in [0.2, 0.25) is 0 Å². The van der Waals surface area contributed by atoms with Crippen LogP contribution in [0.4, 0.5) is 5.69 Å². The predicted octanol–water partition coefficient (Wildman–Crippen LogP) is 1.69. The van der Waals surface area contributed by atoms with Gasteiger partial charge < -0.3 is 24.8 Å². The standard InChI is InChI=1S/C16H22N2O4/c1-2-17-13(16(19)20)7-11-5-6-18(9-11)12-3-4-14-15(8-12)22-10-21-14/h3-4,8,11,13,17H,2,5-7,9-10H2,1H3,(H,19,20). The number of rotatable bonds is 6. The van der Waals surface area contributed by atoms with Crippen molar-refractivity contribution in [1.29, 1.82) is 0 Å². The third-order valence-electron chi connectivity index (χ3n) is 4.32. The average molecular weight is 306 g/mol. The monoisotopic (exact) mass is 306 g/mol. The number of likely N-dealkylation sites (N-methyl/N-ethyl adjacent to an activating group) is 1. The summed E-state index contributed by atoms with van der Waals surface area (Å²) in [6, 6.07) is 5.52. The van der Waals surface area contributed by atoms with Crippen molar-refractivity contribution in [2.24, 2.45) is 5.92 Å². The van der Waals surface area contributed by atoms with Gasteiger partial charge in [-0.1, -0.05) is 6.92 Å². The fourth-order valence-corrected chi connectivity index (χ4v) is 3.19. The van der Waals surface area contributed by atoms with Crippen molar-refractivity contribution in [3.05, 3.63) is 18.2 Å². The Balaban J connectivity index is 1.61. The molecule has 2 atom stereocenters. The molecule has 2 heterocycles. The number of aliphatic carboxylic acids is 1. The van der Waals surface area contributed by atoms with Crippen molar-refractivity contribution < 1.29 is 19.4 Å². The quantitative estimate of drug-likeness (QED) is 0.833. The molecule has 0 saturated carbocycles. The Morgan fingerprint density at radius 1 is 1.45 bits per heavy atom. The zero-order chi connectivity index (χ0) is 15.5. The third kappa shape index (κ3) is 3.11. The van der Waals surface area contributed by atoms with Gasteiger partial charge in [-0.05, 0) is 37.4 Å². The van der Waals surface area contributed by atoms with Gasteiger partial charge in [-0.2, -0.15) is 0 Å². The number of carbonyl (C=O) groups is 1. The van der Waals surface area contributed by atoms with Gasteiger partial charge in [0.05, 0.1) is 0 Å². The lowest BCUT2D eigenvalue weighted by Gasteiger charge is -2.20. The number of fused-ring (bicyclic) bond motifs is 1. The lowest BCUT2D eigenvalue weighted by Crippen LogP contribution is -2.38. The van der Waals surface area contributed by atoms with Gasteiger partial charge in [0.15, 0.2) is 11.5 Å². The number of nitrogens with zero attached hydrogens (tertiary/aromatic N) is 1. The number of carboxylic acids is 1. The van der Waals surface area contributed by atoms with E-state index in [9.17, 15) is 9.90 Å². The Kier molecular flexibility index (Phi) is 4.38. The number of anilines is 1. The zero-order valence-electron chi connectivity index (χ0n) is 12.7. The Hall–Kier alpha value is -1.95. The van der Waals surface area contributed by atoms with E-state index in [2.05, 4.69) is 10.2 Å². The molecule has 1 aromatic carbocycles. The van der Waals surface area contributed by atoms with E-state index in [0.717, 1.165) is 36.7 Å². The maximum atomic E-state index is 11.3. The van der Waals surface area contributed by atoms with Gasteiger partial charge in [-0.25, -0.2) is 0 Å². The van der Waals surface area contributed by atoms with Gasteiger partial charge in [-0.15, -0.1) is 0 Å². The topological polar surface area (TPSA) is 71.0 Å². The van der Waals surface area contributed by atoms with Crippen molar-refractivity contribution in [2.45, 2.75) is 25.8 Å². The van der Waals surface area contributed by atoms with Crippen molar-refractivity contribution in [3.63, 3.8) is 0 Å². The first-order valence-corrected chi connectivity index (χ1v) is 7.78. The molecule has 3 rings (SSSR count). The first-order valence-electron chi connectivity index (χ1n) is 7.78. The molecule has 2 unspecified atom stereocenters. The molecule has 0 radical (unpaired) electrons. The third-order valence-corrected chi connectivity index (χ3v) is 4.32. The van der Waals surface area contributed by atoms with E-state index in [0.29, 0.717) is 18.9 Å². The summed E-state index contributed by atoms with van der Waals surface area (Å²) >= 11 is 0. The van der Waals surface area contributed by atoms with Gasteiger partial charge in [0.1, 0.15) is 6.04 Å². The van der Waals surface area contributed by atoms with Crippen molar-refractivity contribution in [3.8, 4) is 11.5 Å². The van der Waals surface area contributed by atoms with Gasteiger partial charge >= 0.3 is 5.97 Å². The van der Waals surface area contributed by atoms with E-state index < -0.39 is 12.0 Å². The molecule has 120 valence electrons. The Morgan fingerprint density at radius 2 is 2.27 bits per heavy atom. The van der Waals surface area contributed by atoms with E-state index in [4.69, 9.17) is 9.47 Å². The minimum atomic E-state index is -0.761. The van der Waals surface area contributed by atoms with Crippen LogP contribution in [0.15, 0.2) is 18.2 Å². The lowest BCUT2D eigenvalue weighted by atomic mass is 9.99. The number of nitrogens with one attached hydrogen (secondary N) is 1. The second kappa shape index (κ2) is 6.44. The van der Waals surface area contributed by atoms with Crippen molar-refractivity contribution >= 4 is 11.7 Å². The number of carboxylic acid groups (broad SMARTS) is 1. The highest BCUT2D eigenvalue weighted by Crippen LogP contribution is 2.37. The van der Waals surface area contributed by atoms with E-state index in [1.807, 2.05) is 25.1 Å². The summed E-state index contributed by atoms with van der Waals surface area (Å²) in [4.78, 5) is 13.5. The highest BCUT2D eigenvalue weighted by molar-refractivity contribution is 5.73. The Bertz CT molecular complexity index is 549. The smallest absolute Gasteiger partial charge is 0.320 e. The van der Waals surface area contributed by atoms with Crippen molar-refractivity contribution in [2.75, 3.05) is 31.3 Å². The van der Waals surface area contributed by atoms with Crippen LogP contribution in [0.3, 0.4) is 0 Å².